The zero-order valence-electron chi connectivity index (χ0n) is 12.1. The van der Waals surface area contributed by atoms with Crippen molar-refractivity contribution in [2.45, 2.75) is 51.2 Å². The van der Waals surface area contributed by atoms with E-state index in [1.165, 1.54) is 18.6 Å². The van der Waals surface area contributed by atoms with Gasteiger partial charge in [0, 0.05) is 12.1 Å². The Hall–Kier alpha value is -2.11. The van der Waals surface area contributed by atoms with Crippen LogP contribution in [0.1, 0.15) is 39.0 Å². The molecule has 0 bridgehead atoms. The Balaban J connectivity index is 1.95. The van der Waals surface area contributed by atoms with E-state index in [1.807, 2.05) is 0 Å². The van der Waals surface area contributed by atoms with Crippen LogP contribution in [0.25, 0.3) is 0 Å². The van der Waals surface area contributed by atoms with Gasteiger partial charge >= 0.3 is 5.69 Å². The smallest absolute Gasteiger partial charge is 0.310 e. The van der Waals surface area contributed by atoms with Gasteiger partial charge in [-0.15, -0.1) is 0 Å². The van der Waals surface area contributed by atoms with Crippen LogP contribution in [0.5, 0.6) is 5.75 Å². The van der Waals surface area contributed by atoms with Gasteiger partial charge in [-0.1, -0.05) is 31.4 Å². The van der Waals surface area contributed by atoms with E-state index in [1.54, 1.807) is 19.1 Å². The largest absolute Gasteiger partial charge is 0.474 e. The fourth-order valence-electron chi connectivity index (χ4n) is 2.52. The lowest BCUT2D eigenvalue weighted by Gasteiger charge is -2.24. The number of rotatable bonds is 5. The van der Waals surface area contributed by atoms with E-state index in [4.69, 9.17) is 4.74 Å². The number of hydrogen-bond donors (Lipinski definition) is 1. The fraction of sp³-hybridized carbons (Fsp3) is 0.533. The molecule has 1 aromatic rings. The van der Waals surface area contributed by atoms with Gasteiger partial charge in [-0.2, -0.15) is 0 Å². The van der Waals surface area contributed by atoms with Gasteiger partial charge in [0.15, 0.2) is 11.9 Å². The lowest BCUT2D eigenvalue weighted by molar-refractivity contribution is -0.386. The summed E-state index contributed by atoms with van der Waals surface area (Å²) in [4.78, 5) is 22.5. The number of ether oxygens (including phenoxy) is 1. The van der Waals surface area contributed by atoms with Crippen molar-refractivity contribution < 1.29 is 14.5 Å². The van der Waals surface area contributed by atoms with Crippen LogP contribution in [0.15, 0.2) is 24.3 Å². The molecule has 1 atom stereocenters. The maximum Gasteiger partial charge on any atom is 0.310 e. The van der Waals surface area contributed by atoms with Crippen molar-refractivity contribution in [1.82, 2.24) is 5.32 Å². The summed E-state index contributed by atoms with van der Waals surface area (Å²) in [6.07, 6.45) is 4.70. The predicted octanol–water partition coefficient (Wildman–Crippen LogP) is 2.81. The number of nitro benzene ring substituents is 1. The van der Waals surface area contributed by atoms with Gasteiger partial charge in [-0.05, 0) is 25.8 Å². The molecule has 1 aliphatic carbocycles. The van der Waals surface area contributed by atoms with Crippen molar-refractivity contribution in [1.29, 1.82) is 0 Å². The Morgan fingerprint density at radius 2 is 2.00 bits per heavy atom. The Labute approximate surface area is 123 Å². The van der Waals surface area contributed by atoms with Crippen LogP contribution in [0, 0.1) is 10.1 Å². The minimum absolute atomic E-state index is 0.119. The second kappa shape index (κ2) is 7.06. The predicted molar refractivity (Wildman–Crippen MR) is 78.2 cm³/mol. The summed E-state index contributed by atoms with van der Waals surface area (Å²) in [6.45, 7) is 1.61. The molecule has 114 valence electrons. The van der Waals surface area contributed by atoms with Gasteiger partial charge in [-0.3, -0.25) is 14.9 Å². The van der Waals surface area contributed by atoms with E-state index in [-0.39, 0.29) is 23.4 Å². The van der Waals surface area contributed by atoms with Crippen LogP contribution in [0.2, 0.25) is 0 Å². The highest BCUT2D eigenvalue weighted by Crippen LogP contribution is 2.27. The molecule has 1 aliphatic rings. The molecule has 1 amide bonds. The molecule has 1 N–H and O–H groups in total. The van der Waals surface area contributed by atoms with Gasteiger partial charge in [-0.25, -0.2) is 0 Å². The van der Waals surface area contributed by atoms with Crippen LogP contribution in [0.4, 0.5) is 5.69 Å². The van der Waals surface area contributed by atoms with E-state index >= 15 is 0 Å². The molecule has 0 spiro atoms. The third-order valence-electron chi connectivity index (χ3n) is 3.69. The van der Waals surface area contributed by atoms with E-state index < -0.39 is 11.0 Å². The average molecular weight is 292 g/mol. The van der Waals surface area contributed by atoms with Crippen molar-refractivity contribution >= 4 is 11.6 Å². The average Bonchev–Trinajstić information content (AvgIpc) is 2.48. The summed E-state index contributed by atoms with van der Waals surface area (Å²) in [5.74, 6) is -0.103. The number of benzene rings is 1. The first-order valence-corrected chi connectivity index (χ1v) is 7.28. The van der Waals surface area contributed by atoms with E-state index in [0.29, 0.717) is 0 Å². The number of hydrogen-bond acceptors (Lipinski definition) is 4. The molecular weight excluding hydrogens is 272 g/mol. The summed E-state index contributed by atoms with van der Waals surface area (Å²) in [7, 11) is 0. The van der Waals surface area contributed by atoms with Gasteiger partial charge in [0.05, 0.1) is 4.92 Å². The second-order valence-corrected chi connectivity index (χ2v) is 5.33. The lowest BCUT2D eigenvalue weighted by atomic mass is 9.95. The summed E-state index contributed by atoms with van der Waals surface area (Å²) in [6, 6.07) is 6.28. The molecular formula is C15H20N2O4. The highest BCUT2D eigenvalue weighted by molar-refractivity contribution is 5.81. The molecule has 0 heterocycles. The molecule has 1 fully saturated rings. The van der Waals surface area contributed by atoms with Crippen LogP contribution >= 0.6 is 0 Å². The van der Waals surface area contributed by atoms with Gasteiger partial charge in [0.25, 0.3) is 5.91 Å². The highest BCUT2D eigenvalue weighted by Gasteiger charge is 2.23. The number of amides is 1. The molecule has 1 aromatic carbocycles. The van der Waals surface area contributed by atoms with E-state index in [2.05, 4.69) is 5.32 Å². The number of carbonyl (C=O) groups is 1. The number of nitrogens with one attached hydrogen (secondary N) is 1. The minimum atomic E-state index is -0.756. The van der Waals surface area contributed by atoms with Crippen molar-refractivity contribution in [3.05, 3.63) is 34.4 Å². The van der Waals surface area contributed by atoms with Gasteiger partial charge in [0.1, 0.15) is 0 Å². The Morgan fingerprint density at radius 1 is 1.33 bits per heavy atom. The summed E-state index contributed by atoms with van der Waals surface area (Å²) < 4.78 is 5.46. The molecule has 0 saturated heterocycles. The van der Waals surface area contributed by atoms with E-state index in [0.717, 1.165) is 25.7 Å². The molecule has 6 heteroatoms. The van der Waals surface area contributed by atoms with Crippen molar-refractivity contribution in [3.63, 3.8) is 0 Å². The molecule has 0 aliphatic heterocycles. The SMILES string of the molecule is CC(Oc1ccccc1[N+](=O)[O-])C(=O)NC1CCCCC1. The third-order valence-corrected chi connectivity index (χ3v) is 3.69. The third kappa shape index (κ3) is 4.18. The molecule has 6 nitrogen and oxygen atoms in total. The maximum absolute atomic E-state index is 12.1. The maximum atomic E-state index is 12.1. The minimum Gasteiger partial charge on any atom is -0.474 e. The topological polar surface area (TPSA) is 81.5 Å². The van der Waals surface area contributed by atoms with Gasteiger partial charge < -0.3 is 10.1 Å². The Bertz CT molecular complexity index is 512. The normalized spacial score (nSPS) is 17.0. The summed E-state index contributed by atoms with van der Waals surface area (Å²) >= 11 is 0. The summed E-state index contributed by atoms with van der Waals surface area (Å²) in [5, 5.41) is 13.9. The second-order valence-electron chi connectivity index (χ2n) is 5.33. The number of nitrogens with zero attached hydrogens (tertiary/aromatic N) is 1. The first kappa shape index (κ1) is 15.3. The molecule has 2 rings (SSSR count). The highest BCUT2D eigenvalue weighted by atomic mass is 16.6. The lowest BCUT2D eigenvalue weighted by Crippen LogP contribution is -2.43. The summed E-state index contributed by atoms with van der Waals surface area (Å²) in [5.41, 5.74) is -0.130. The quantitative estimate of drug-likeness (QED) is 0.668. The fourth-order valence-corrected chi connectivity index (χ4v) is 2.52. The zero-order chi connectivity index (χ0) is 15.2. The standard InChI is InChI=1S/C15H20N2O4/c1-11(15(18)16-12-7-3-2-4-8-12)21-14-10-6-5-9-13(14)17(19)20/h5-6,9-12H,2-4,7-8H2,1H3,(H,16,18). The van der Waals surface area contributed by atoms with Gasteiger partial charge in [0.2, 0.25) is 0 Å². The van der Waals surface area contributed by atoms with E-state index in [9.17, 15) is 14.9 Å². The van der Waals surface area contributed by atoms with Crippen LogP contribution in [-0.2, 0) is 4.79 Å². The molecule has 1 unspecified atom stereocenters. The molecule has 1 saturated carbocycles. The number of nitro groups is 1. The Kier molecular flexibility index (Phi) is 5.14. The van der Waals surface area contributed by atoms with Crippen LogP contribution < -0.4 is 10.1 Å². The molecule has 0 aromatic heterocycles. The van der Waals surface area contributed by atoms with Crippen LogP contribution in [0.3, 0.4) is 0 Å². The first-order valence-electron chi connectivity index (χ1n) is 7.28. The first-order chi connectivity index (χ1) is 10.1. The zero-order valence-corrected chi connectivity index (χ0v) is 12.1. The van der Waals surface area contributed by atoms with Crippen molar-refractivity contribution in [2.24, 2.45) is 0 Å². The Morgan fingerprint density at radius 3 is 2.67 bits per heavy atom. The van der Waals surface area contributed by atoms with Crippen molar-refractivity contribution in [3.8, 4) is 5.75 Å². The molecule has 21 heavy (non-hydrogen) atoms. The number of carbonyl (C=O) groups excluding carboxylic acids is 1. The monoisotopic (exact) mass is 292 g/mol. The van der Waals surface area contributed by atoms with Crippen LogP contribution in [-0.4, -0.2) is 23.0 Å². The number of para-hydroxylation sites is 2. The molecule has 0 radical (unpaired) electrons. The van der Waals surface area contributed by atoms with Crippen molar-refractivity contribution in [2.75, 3.05) is 0 Å².